The Kier molecular flexibility index (Phi) is 4.74. The fraction of sp³-hybridized carbons (Fsp3) is 0.550. The van der Waals surface area contributed by atoms with Crippen molar-refractivity contribution < 1.29 is 18.8 Å². The third kappa shape index (κ3) is 2.47. The van der Waals surface area contributed by atoms with Gasteiger partial charge in [-0.15, -0.1) is 0 Å². The minimum absolute atomic E-state index is 0.225. The highest BCUT2D eigenvalue weighted by atomic mass is 32.2. The first-order valence-corrected chi connectivity index (χ1v) is 11.0. The second kappa shape index (κ2) is 6.84. The van der Waals surface area contributed by atoms with Gasteiger partial charge >= 0.3 is 0 Å². The van der Waals surface area contributed by atoms with Crippen LogP contribution in [-0.4, -0.2) is 46.7 Å². The third-order valence-corrected chi connectivity index (χ3v) is 7.02. The Labute approximate surface area is 167 Å². The van der Waals surface area contributed by atoms with Crippen molar-refractivity contribution in [2.45, 2.75) is 44.3 Å². The van der Waals surface area contributed by atoms with E-state index in [1.165, 1.54) is 23.1 Å². The molecular weight excluding hydrogens is 381 g/mol. The first-order valence-electron chi connectivity index (χ1n) is 9.61. The second-order valence-electron chi connectivity index (χ2n) is 7.79. The number of fused-ring (bicyclic) bond motifs is 4. The number of hydrogen-bond acceptors (Lipinski definition) is 5. The number of halogens is 1. The van der Waals surface area contributed by atoms with Crippen molar-refractivity contribution >= 4 is 35.2 Å². The van der Waals surface area contributed by atoms with Crippen LogP contribution >= 0.6 is 11.8 Å². The molecule has 1 spiro atoms. The molecule has 5 atom stereocenters. The fourth-order valence-electron chi connectivity index (χ4n) is 4.91. The molecule has 0 radical (unpaired) electrons. The van der Waals surface area contributed by atoms with E-state index >= 15 is 0 Å². The maximum absolute atomic E-state index is 14.1. The Bertz CT molecular complexity index is 863. The number of amides is 3. The van der Waals surface area contributed by atoms with Crippen LogP contribution in [0, 0.1) is 17.7 Å². The van der Waals surface area contributed by atoms with Crippen LogP contribution < -0.4 is 10.6 Å². The van der Waals surface area contributed by atoms with E-state index in [-0.39, 0.29) is 29.8 Å². The molecule has 2 fully saturated rings. The van der Waals surface area contributed by atoms with Gasteiger partial charge in [0.15, 0.2) is 0 Å². The molecule has 3 heterocycles. The number of hydrogen-bond donors (Lipinski definition) is 2. The molecule has 2 N–H and O–H groups in total. The molecule has 3 aliphatic rings. The highest BCUT2D eigenvalue weighted by molar-refractivity contribution is 7.98. The van der Waals surface area contributed by atoms with Crippen molar-refractivity contribution in [2.75, 3.05) is 17.3 Å². The summed E-state index contributed by atoms with van der Waals surface area (Å²) < 4.78 is 14.1. The Morgan fingerprint density at radius 2 is 2.04 bits per heavy atom. The van der Waals surface area contributed by atoms with Gasteiger partial charge in [0.05, 0.1) is 11.8 Å². The number of imide groups is 1. The normalized spacial score (nSPS) is 32.1. The van der Waals surface area contributed by atoms with Gasteiger partial charge in [-0.25, -0.2) is 4.39 Å². The summed E-state index contributed by atoms with van der Waals surface area (Å²) in [5.41, 5.74) is -0.489. The summed E-state index contributed by atoms with van der Waals surface area (Å²) in [6.07, 6.45) is 3.27. The number of anilines is 1. The minimum atomic E-state index is -1.40. The van der Waals surface area contributed by atoms with Gasteiger partial charge in [-0.1, -0.05) is 6.92 Å². The summed E-state index contributed by atoms with van der Waals surface area (Å²) in [5.74, 6) is -2.11. The molecule has 0 aliphatic carbocycles. The predicted octanol–water partition coefficient (Wildman–Crippen LogP) is 2.10. The summed E-state index contributed by atoms with van der Waals surface area (Å²) in [5, 5.41) is 6.10. The van der Waals surface area contributed by atoms with Crippen LogP contribution in [-0.2, 0) is 19.9 Å². The van der Waals surface area contributed by atoms with Gasteiger partial charge in [0.2, 0.25) is 17.7 Å². The largest absolute Gasteiger partial charge is 0.324 e. The highest BCUT2D eigenvalue weighted by Crippen LogP contribution is 2.53. The average Bonchev–Trinajstić information content (AvgIpc) is 3.25. The maximum atomic E-state index is 14.1. The molecule has 0 bridgehead atoms. The van der Waals surface area contributed by atoms with E-state index in [4.69, 9.17) is 0 Å². The number of carbonyl (C=O) groups excluding carboxylic acids is 3. The second-order valence-corrected chi connectivity index (χ2v) is 8.78. The molecular formula is C20H24FN3O3S. The van der Waals surface area contributed by atoms with Crippen LogP contribution in [0.2, 0.25) is 0 Å². The van der Waals surface area contributed by atoms with Gasteiger partial charge in [0, 0.05) is 23.3 Å². The van der Waals surface area contributed by atoms with Crippen molar-refractivity contribution in [3.63, 3.8) is 0 Å². The van der Waals surface area contributed by atoms with Crippen molar-refractivity contribution in [1.82, 2.24) is 10.2 Å². The molecule has 1 aromatic carbocycles. The van der Waals surface area contributed by atoms with Crippen molar-refractivity contribution in [1.29, 1.82) is 0 Å². The monoisotopic (exact) mass is 405 g/mol. The zero-order valence-electron chi connectivity index (χ0n) is 16.1. The zero-order chi connectivity index (χ0) is 20.2. The quantitative estimate of drug-likeness (QED) is 0.734. The SMILES string of the molecule is CC[C@@H](C)N1C(=O)[C@@H]2[C@H](CCSC)N[C@@]3(C(=O)Nc4ccc(F)cc43)[C@@H]2C1=O. The Balaban J connectivity index is 1.86. The lowest BCUT2D eigenvalue weighted by molar-refractivity contribution is -0.145. The van der Waals surface area contributed by atoms with Gasteiger partial charge in [-0.05, 0) is 50.0 Å². The van der Waals surface area contributed by atoms with E-state index in [0.29, 0.717) is 24.1 Å². The molecule has 8 heteroatoms. The minimum Gasteiger partial charge on any atom is -0.324 e. The molecule has 0 unspecified atom stereocenters. The number of benzene rings is 1. The summed E-state index contributed by atoms with van der Waals surface area (Å²) in [4.78, 5) is 41.1. The Morgan fingerprint density at radius 1 is 1.29 bits per heavy atom. The number of rotatable bonds is 5. The predicted molar refractivity (Wildman–Crippen MR) is 105 cm³/mol. The van der Waals surface area contributed by atoms with Crippen LogP contribution in [0.3, 0.4) is 0 Å². The van der Waals surface area contributed by atoms with Crippen molar-refractivity contribution in [3.05, 3.63) is 29.6 Å². The van der Waals surface area contributed by atoms with E-state index in [0.717, 1.165) is 5.75 Å². The third-order valence-electron chi connectivity index (χ3n) is 6.38. The molecule has 1 aromatic rings. The summed E-state index contributed by atoms with van der Waals surface area (Å²) in [6, 6.07) is 3.54. The first kappa shape index (κ1) is 19.4. The summed E-state index contributed by atoms with van der Waals surface area (Å²) in [7, 11) is 0. The number of carbonyl (C=O) groups is 3. The first-order chi connectivity index (χ1) is 13.4. The van der Waals surface area contributed by atoms with Gasteiger partial charge in [-0.2, -0.15) is 11.8 Å². The Hall–Kier alpha value is -1.93. The summed E-state index contributed by atoms with van der Waals surface area (Å²) in [6.45, 7) is 3.77. The fourth-order valence-corrected chi connectivity index (χ4v) is 5.40. The molecule has 0 saturated carbocycles. The standard InChI is InChI=1S/C20H24FN3O3S/c1-4-10(2)24-17(25)15-14(7-8-28-3)23-20(16(15)18(24)26)12-9-11(21)5-6-13(12)22-19(20)27/h5-6,9-10,14-16,23H,4,7-8H2,1-3H3,(H,22,27)/t10-,14+,15-,16+,20-/m1/s1. The van der Waals surface area contributed by atoms with E-state index in [9.17, 15) is 18.8 Å². The van der Waals surface area contributed by atoms with Crippen molar-refractivity contribution in [2.24, 2.45) is 11.8 Å². The van der Waals surface area contributed by atoms with E-state index < -0.39 is 23.2 Å². The van der Waals surface area contributed by atoms with Crippen molar-refractivity contribution in [3.8, 4) is 0 Å². The van der Waals surface area contributed by atoms with E-state index in [1.807, 2.05) is 20.1 Å². The molecule has 6 nitrogen and oxygen atoms in total. The molecule has 3 aliphatic heterocycles. The lowest BCUT2D eigenvalue weighted by Gasteiger charge is -2.31. The highest BCUT2D eigenvalue weighted by Gasteiger charge is 2.70. The lowest BCUT2D eigenvalue weighted by Crippen LogP contribution is -2.54. The van der Waals surface area contributed by atoms with Gasteiger partial charge in [0.25, 0.3) is 0 Å². The summed E-state index contributed by atoms with van der Waals surface area (Å²) >= 11 is 1.65. The van der Waals surface area contributed by atoms with Gasteiger partial charge < -0.3 is 5.32 Å². The molecule has 3 amide bonds. The number of thioether (sulfide) groups is 1. The molecule has 150 valence electrons. The zero-order valence-corrected chi connectivity index (χ0v) is 16.9. The Morgan fingerprint density at radius 3 is 2.71 bits per heavy atom. The molecule has 4 rings (SSSR count). The van der Waals surface area contributed by atoms with Crippen LogP contribution in [0.5, 0.6) is 0 Å². The topological polar surface area (TPSA) is 78.5 Å². The van der Waals surface area contributed by atoms with Crippen LogP contribution in [0.15, 0.2) is 18.2 Å². The smallest absolute Gasteiger partial charge is 0.250 e. The number of nitrogens with one attached hydrogen (secondary N) is 2. The van der Waals surface area contributed by atoms with E-state index in [2.05, 4.69) is 10.6 Å². The van der Waals surface area contributed by atoms with Crippen LogP contribution in [0.1, 0.15) is 32.3 Å². The lowest BCUT2D eigenvalue weighted by atomic mass is 9.76. The van der Waals surface area contributed by atoms with E-state index in [1.54, 1.807) is 11.8 Å². The average molecular weight is 405 g/mol. The number of likely N-dealkylation sites (tertiary alicyclic amines) is 1. The molecule has 28 heavy (non-hydrogen) atoms. The van der Waals surface area contributed by atoms with Gasteiger partial charge in [-0.3, -0.25) is 24.6 Å². The van der Waals surface area contributed by atoms with Crippen LogP contribution in [0.25, 0.3) is 0 Å². The maximum Gasteiger partial charge on any atom is 0.250 e. The molecule has 0 aromatic heterocycles. The van der Waals surface area contributed by atoms with Crippen LogP contribution in [0.4, 0.5) is 10.1 Å². The van der Waals surface area contributed by atoms with Gasteiger partial charge in [0.1, 0.15) is 11.4 Å². The number of nitrogens with zero attached hydrogens (tertiary/aromatic N) is 1. The molecule has 2 saturated heterocycles.